The third-order valence-electron chi connectivity index (χ3n) is 4.21. The number of amides is 1. The van der Waals surface area contributed by atoms with Gasteiger partial charge >= 0.3 is 0 Å². The van der Waals surface area contributed by atoms with Crippen LogP contribution in [0.15, 0.2) is 15.6 Å². The molecular weight excluding hydrogens is 304 g/mol. The average molecular weight is 328 g/mol. The molecule has 0 unspecified atom stereocenters. The summed E-state index contributed by atoms with van der Waals surface area (Å²) in [6.45, 7) is 2.32. The van der Waals surface area contributed by atoms with Crippen LogP contribution in [-0.4, -0.2) is 51.2 Å². The molecule has 0 saturated heterocycles. The van der Waals surface area contributed by atoms with Gasteiger partial charge in [-0.2, -0.15) is 0 Å². The van der Waals surface area contributed by atoms with Crippen LogP contribution in [0, 0.1) is 12.8 Å². The number of carbonyl (C=O) groups excluding carboxylic acids is 1. The number of aryl methyl sites for hydroxylation is 1. The van der Waals surface area contributed by atoms with Gasteiger partial charge in [0, 0.05) is 33.8 Å². The highest BCUT2D eigenvalue weighted by Crippen LogP contribution is 2.27. The van der Waals surface area contributed by atoms with Gasteiger partial charge in [0.15, 0.2) is 0 Å². The zero-order valence-corrected chi connectivity index (χ0v) is 14.4. The normalized spacial score (nSPS) is 16.4. The van der Waals surface area contributed by atoms with Gasteiger partial charge in [-0.15, -0.1) is 0 Å². The van der Waals surface area contributed by atoms with Crippen molar-refractivity contribution in [1.82, 2.24) is 9.21 Å². The van der Waals surface area contributed by atoms with Crippen LogP contribution in [0.5, 0.6) is 0 Å². The number of furan rings is 1. The van der Waals surface area contributed by atoms with Crippen LogP contribution in [0.1, 0.15) is 41.8 Å². The highest BCUT2D eigenvalue weighted by atomic mass is 32.2. The summed E-state index contributed by atoms with van der Waals surface area (Å²) in [5.74, 6) is 0.697. The average Bonchev–Trinajstić information content (AvgIpc) is 3.07. The molecule has 1 heterocycles. The van der Waals surface area contributed by atoms with Crippen LogP contribution in [0.4, 0.5) is 0 Å². The van der Waals surface area contributed by atoms with Crippen molar-refractivity contribution in [2.24, 2.45) is 5.92 Å². The maximum Gasteiger partial charge on any atom is 0.275 e. The summed E-state index contributed by atoms with van der Waals surface area (Å²) < 4.78 is 30.5. The van der Waals surface area contributed by atoms with Crippen molar-refractivity contribution >= 4 is 15.9 Å². The van der Waals surface area contributed by atoms with Gasteiger partial charge in [0.05, 0.1) is 5.56 Å². The second-order valence-corrected chi connectivity index (χ2v) is 8.24. The fraction of sp³-hybridized carbons (Fsp3) is 0.667. The van der Waals surface area contributed by atoms with Gasteiger partial charge in [0.1, 0.15) is 5.76 Å². The van der Waals surface area contributed by atoms with E-state index in [2.05, 4.69) is 0 Å². The first-order valence-electron chi connectivity index (χ1n) is 7.52. The van der Waals surface area contributed by atoms with Crippen molar-refractivity contribution < 1.29 is 17.6 Å². The van der Waals surface area contributed by atoms with Gasteiger partial charge in [-0.1, -0.05) is 12.8 Å². The molecule has 1 aromatic heterocycles. The Kier molecular flexibility index (Phi) is 4.97. The fourth-order valence-corrected chi connectivity index (χ4v) is 3.70. The van der Waals surface area contributed by atoms with Crippen molar-refractivity contribution in [2.75, 3.05) is 27.7 Å². The Bertz CT molecular complexity index is 642. The monoisotopic (exact) mass is 328 g/mol. The molecule has 0 bridgehead atoms. The van der Waals surface area contributed by atoms with Gasteiger partial charge in [-0.3, -0.25) is 4.79 Å². The molecule has 2 rings (SSSR count). The Balaban J connectivity index is 2.18. The van der Waals surface area contributed by atoms with E-state index in [9.17, 15) is 13.2 Å². The highest BCUT2D eigenvalue weighted by Gasteiger charge is 2.28. The minimum Gasteiger partial charge on any atom is -0.448 e. The van der Waals surface area contributed by atoms with Crippen LogP contribution < -0.4 is 0 Å². The largest absolute Gasteiger partial charge is 0.448 e. The molecule has 0 aromatic carbocycles. The highest BCUT2D eigenvalue weighted by molar-refractivity contribution is 7.88. The molecule has 1 aliphatic carbocycles. The summed E-state index contributed by atoms with van der Waals surface area (Å²) in [6.07, 6.45) is 4.76. The van der Waals surface area contributed by atoms with E-state index < -0.39 is 10.0 Å². The molecule has 1 aromatic rings. The first-order valence-corrected chi connectivity index (χ1v) is 8.96. The number of hydrogen-bond donors (Lipinski definition) is 0. The van der Waals surface area contributed by atoms with E-state index in [1.165, 1.54) is 33.0 Å². The summed E-state index contributed by atoms with van der Waals surface area (Å²) in [4.78, 5) is 14.2. The third kappa shape index (κ3) is 3.35. The quantitative estimate of drug-likeness (QED) is 0.830. The van der Waals surface area contributed by atoms with Crippen LogP contribution >= 0.6 is 0 Å². The standard InChI is InChI=1S/C15H24N2O4S/c1-11-13(9-14(21-11)22(19,20)16(2)3)15(18)17(4)10-12-7-5-6-8-12/h9,12H,5-8,10H2,1-4H3. The van der Waals surface area contributed by atoms with E-state index in [0.717, 1.165) is 17.1 Å². The second kappa shape index (κ2) is 6.42. The zero-order chi connectivity index (χ0) is 16.5. The van der Waals surface area contributed by atoms with Crippen molar-refractivity contribution in [2.45, 2.75) is 37.7 Å². The van der Waals surface area contributed by atoms with Crippen LogP contribution in [0.3, 0.4) is 0 Å². The minimum absolute atomic E-state index is 0.187. The molecule has 1 fully saturated rings. The van der Waals surface area contributed by atoms with Crippen LogP contribution in [-0.2, 0) is 10.0 Å². The Morgan fingerprint density at radius 3 is 2.41 bits per heavy atom. The SMILES string of the molecule is Cc1oc(S(=O)(=O)N(C)C)cc1C(=O)N(C)CC1CCCC1. The van der Waals surface area contributed by atoms with Crippen LogP contribution in [0.2, 0.25) is 0 Å². The van der Waals surface area contributed by atoms with Gasteiger partial charge in [0.25, 0.3) is 15.9 Å². The fourth-order valence-electron chi connectivity index (χ4n) is 2.84. The number of carbonyl (C=O) groups is 1. The molecule has 22 heavy (non-hydrogen) atoms. The molecular formula is C15H24N2O4S. The van der Waals surface area contributed by atoms with E-state index >= 15 is 0 Å². The van der Waals surface area contributed by atoms with E-state index in [1.807, 2.05) is 0 Å². The molecule has 1 aliphatic rings. The summed E-state index contributed by atoms with van der Waals surface area (Å²) in [6, 6.07) is 1.33. The molecule has 0 spiro atoms. The van der Waals surface area contributed by atoms with Crippen molar-refractivity contribution in [3.05, 3.63) is 17.4 Å². The predicted molar refractivity (Wildman–Crippen MR) is 83.2 cm³/mol. The molecule has 124 valence electrons. The molecule has 1 amide bonds. The lowest BCUT2D eigenvalue weighted by Gasteiger charge is -2.20. The number of sulfonamides is 1. The Morgan fingerprint density at radius 1 is 1.27 bits per heavy atom. The van der Waals surface area contributed by atoms with Crippen molar-refractivity contribution in [3.8, 4) is 0 Å². The Morgan fingerprint density at radius 2 is 1.86 bits per heavy atom. The smallest absolute Gasteiger partial charge is 0.275 e. The first-order chi connectivity index (χ1) is 10.2. The molecule has 1 saturated carbocycles. The Hall–Kier alpha value is -1.34. The lowest BCUT2D eigenvalue weighted by atomic mass is 10.1. The maximum absolute atomic E-state index is 12.5. The molecule has 0 aliphatic heterocycles. The topological polar surface area (TPSA) is 70.8 Å². The third-order valence-corrected chi connectivity index (χ3v) is 5.89. The minimum atomic E-state index is -3.66. The van der Waals surface area contributed by atoms with E-state index in [0.29, 0.717) is 23.8 Å². The molecule has 7 heteroatoms. The van der Waals surface area contributed by atoms with Gasteiger partial charge < -0.3 is 9.32 Å². The molecule has 6 nitrogen and oxygen atoms in total. The van der Waals surface area contributed by atoms with Gasteiger partial charge in [0.2, 0.25) is 5.09 Å². The van der Waals surface area contributed by atoms with Gasteiger partial charge in [-0.25, -0.2) is 12.7 Å². The van der Waals surface area contributed by atoms with E-state index in [1.54, 1.807) is 18.9 Å². The summed E-state index contributed by atoms with van der Waals surface area (Å²) in [5.41, 5.74) is 0.320. The van der Waals surface area contributed by atoms with Crippen LogP contribution in [0.25, 0.3) is 0 Å². The summed E-state index contributed by atoms with van der Waals surface area (Å²) in [5, 5.41) is -0.187. The number of rotatable bonds is 5. The molecule has 0 radical (unpaired) electrons. The first kappa shape index (κ1) is 17.0. The van der Waals surface area contributed by atoms with E-state index in [4.69, 9.17) is 4.42 Å². The summed E-state index contributed by atoms with van der Waals surface area (Å²) in [7, 11) is 0.956. The predicted octanol–water partition coefficient (Wildman–Crippen LogP) is 2.10. The summed E-state index contributed by atoms with van der Waals surface area (Å²) >= 11 is 0. The van der Waals surface area contributed by atoms with Crippen molar-refractivity contribution in [3.63, 3.8) is 0 Å². The number of hydrogen-bond acceptors (Lipinski definition) is 4. The lowest BCUT2D eigenvalue weighted by Crippen LogP contribution is -2.31. The Labute approximate surface area is 132 Å². The van der Waals surface area contributed by atoms with Crippen molar-refractivity contribution in [1.29, 1.82) is 0 Å². The maximum atomic E-state index is 12.5. The zero-order valence-electron chi connectivity index (χ0n) is 13.6. The molecule has 0 atom stereocenters. The van der Waals surface area contributed by atoms with E-state index in [-0.39, 0.29) is 11.0 Å². The lowest BCUT2D eigenvalue weighted by molar-refractivity contribution is 0.0771. The van der Waals surface area contributed by atoms with Gasteiger partial charge in [-0.05, 0) is 25.7 Å². The molecule has 0 N–H and O–H groups in total. The second-order valence-electron chi connectivity index (χ2n) is 6.16. The number of nitrogens with zero attached hydrogens (tertiary/aromatic N) is 2.